The van der Waals surface area contributed by atoms with Crippen LogP contribution in [0.25, 0.3) is 0 Å². The van der Waals surface area contributed by atoms with E-state index in [0.717, 1.165) is 12.0 Å². The lowest BCUT2D eigenvalue weighted by Crippen LogP contribution is -2.15. The van der Waals surface area contributed by atoms with Crippen LogP contribution in [0.2, 0.25) is 5.02 Å². The van der Waals surface area contributed by atoms with Crippen LogP contribution < -0.4 is 11.1 Å². The second-order valence-electron chi connectivity index (χ2n) is 5.61. The van der Waals surface area contributed by atoms with Crippen molar-refractivity contribution in [3.63, 3.8) is 0 Å². The lowest BCUT2D eigenvalue weighted by Gasteiger charge is -2.06. The number of halogens is 1. The SMILES string of the molecule is CCc1ccc(NC(=O)c2nnn(Cc3ccc(Cl)cc3)c2N)cc1. The highest BCUT2D eigenvalue weighted by atomic mass is 35.5. The topological polar surface area (TPSA) is 85.8 Å². The quantitative estimate of drug-likeness (QED) is 0.734. The van der Waals surface area contributed by atoms with Crippen molar-refractivity contribution < 1.29 is 4.79 Å². The maximum Gasteiger partial charge on any atom is 0.280 e. The first-order valence-electron chi connectivity index (χ1n) is 7.90. The summed E-state index contributed by atoms with van der Waals surface area (Å²) in [6.07, 6.45) is 0.945. The number of carbonyl (C=O) groups excluding carboxylic acids is 1. The lowest BCUT2D eigenvalue weighted by molar-refractivity contribution is 0.102. The fraction of sp³-hybridized carbons (Fsp3) is 0.167. The van der Waals surface area contributed by atoms with E-state index in [4.69, 9.17) is 17.3 Å². The second kappa shape index (κ2) is 7.36. The molecule has 3 N–H and O–H groups in total. The minimum atomic E-state index is -0.385. The van der Waals surface area contributed by atoms with Gasteiger partial charge in [0, 0.05) is 10.7 Å². The van der Waals surface area contributed by atoms with Crippen molar-refractivity contribution >= 4 is 29.0 Å². The normalized spacial score (nSPS) is 10.6. The van der Waals surface area contributed by atoms with E-state index in [2.05, 4.69) is 22.6 Å². The predicted molar refractivity (Wildman–Crippen MR) is 98.8 cm³/mol. The van der Waals surface area contributed by atoms with Crippen LogP contribution in [0, 0.1) is 0 Å². The Kier molecular flexibility index (Phi) is 5.00. The van der Waals surface area contributed by atoms with E-state index in [1.165, 1.54) is 10.2 Å². The van der Waals surface area contributed by atoms with Crippen molar-refractivity contribution in [1.82, 2.24) is 15.0 Å². The Morgan fingerprint density at radius 2 is 1.76 bits per heavy atom. The molecule has 7 heteroatoms. The minimum absolute atomic E-state index is 0.105. The van der Waals surface area contributed by atoms with Crippen LogP contribution in [0.1, 0.15) is 28.5 Å². The Morgan fingerprint density at radius 1 is 1.12 bits per heavy atom. The number of rotatable bonds is 5. The van der Waals surface area contributed by atoms with Crippen molar-refractivity contribution in [2.24, 2.45) is 0 Å². The van der Waals surface area contributed by atoms with Gasteiger partial charge in [0.25, 0.3) is 5.91 Å². The maximum absolute atomic E-state index is 12.4. The molecule has 0 radical (unpaired) electrons. The summed E-state index contributed by atoms with van der Waals surface area (Å²) in [5.74, 6) is -0.165. The van der Waals surface area contributed by atoms with Gasteiger partial charge in [0.1, 0.15) is 0 Å². The molecule has 3 rings (SSSR count). The summed E-state index contributed by atoms with van der Waals surface area (Å²) in [5.41, 5.74) is 8.99. The van der Waals surface area contributed by atoms with Crippen LogP contribution >= 0.6 is 11.6 Å². The highest BCUT2D eigenvalue weighted by Gasteiger charge is 2.17. The molecule has 3 aromatic rings. The number of anilines is 2. The average Bonchev–Trinajstić information content (AvgIpc) is 2.98. The lowest BCUT2D eigenvalue weighted by atomic mass is 10.1. The highest BCUT2D eigenvalue weighted by molar-refractivity contribution is 6.30. The van der Waals surface area contributed by atoms with Crippen molar-refractivity contribution in [3.8, 4) is 0 Å². The molecule has 1 aromatic heterocycles. The van der Waals surface area contributed by atoms with Gasteiger partial charge in [0.15, 0.2) is 11.5 Å². The summed E-state index contributed by atoms with van der Waals surface area (Å²) < 4.78 is 1.48. The number of aryl methyl sites for hydroxylation is 1. The molecule has 0 bridgehead atoms. The highest BCUT2D eigenvalue weighted by Crippen LogP contribution is 2.16. The molecule has 0 saturated carbocycles. The van der Waals surface area contributed by atoms with Gasteiger partial charge in [-0.05, 0) is 41.8 Å². The van der Waals surface area contributed by atoms with Crippen LogP contribution in [-0.4, -0.2) is 20.9 Å². The molecule has 1 heterocycles. The van der Waals surface area contributed by atoms with E-state index in [9.17, 15) is 4.79 Å². The van der Waals surface area contributed by atoms with E-state index >= 15 is 0 Å². The molecule has 0 saturated heterocycles. The smallest absolute Gasteiger partial charge is 0.280 e. The zero-order valence-electron chi connectivity index (χ0n) is 13.7. The Labute approximate surface area is 150 Å². The van der Waals surface area contributed by atoms with Gasteiger partial charge in [-0.2, -0.15) is 0 Å². The molecule has 0 unspecified atom stereocenters. The molecule has 128 valence electrons. The number of benzene rings is 2. The Balaban J connectivity index is 1.72. The number of nitrogens with one attached hydrogen (secondary N) is 1. The number of nitrogen functional groups attached to an aromatic ring is 1. The molecule has 6 nitrogen and oxygen atoms in total. The Bertz CT molecular complexity index is 871. The third-order valence-corrected chi connectivity index (χ3v) is 4.11. The third-order valence-electron chi connectivity index (χ3n) is 3.85. The van der Waals surface area contributed by atoms with E-state index < -0.39 is 0 Å². The van der Waals surface area contributed by atoms with E-state index in [1.807, 2.05) is 36.4 Å². The van der Waals surface area contributed by atoms with Crippen molar-refractivity contribution in [3.05, 3.63) is 70.4 Å². The summed E-state index contributed by atoms with van der Waals surface area (Å²) in [5, 5.41) is 11.3. The van der Waals surface area contributed by atoms with Gasteiger partial charge in [-0.15, -0.1) is 5.10 Å². The summed E-state index contributed by atoms with van der Waals surface area (Å²) in [6.45, 7) is 2.49. The third kappa shape index (κ3) is 3.97. The van der Waals surface area contributed by atoms with Gasteiger partial charge in [-0.3, -0.25) is 4.79 Å². The standard InChI is InChI=1S/C18H18ClN5O/c1-2-12-5-9-15(10-6-12)21-18(25)16-17(20)24(23-22-16)11-13-3-7-14(19)8-4-13/h3-10H,2,11,20H2,1H3,(H,21,25). The van der Waals surface area contributed by atoms with Gasteiger partial charge >= 0.3 is 0 Å². The summed E-state index contributed by atoms with van der Waals surface area (Å²) >= 11 is 5.88. The van der Waals surface area contributed by atoms with Crippen LogP contribution in [0.4, 0.5) is 11.5 Å². The van der Waals surface area contributed by atoms with E-state index in [0.29, 0.717) is 17.3 Å². The summed E-state index contributed by atoms with van der Waals surface area (Å²) in [6, 6.07) is 15.0. The number of aromatic nitrogens is 3. The fourth-order valence-electron chi connectivity index (χ4n) is 2.38. The van der Waals surface area contributed by atoms with Crippen molar-refractivity contribution in [2.45, 2.75) is 19.9 Å². The molecule has 0 fully saturated rings. The van der Waals surface area contributed by atoms with Crippen LogP contribution in [-0.2, 0) is 13.0 Å². The zero-order valence-corrected chi connectivity index (χ0v) is 14.5. The number of nitrogens with two attached hydrogens (primary N) is 1. The van der Waals surface area contributed by atoms with Gasteiger partial charge < -0.3 is 11.1 Å². The largest absolute Gasteiger partial charge is 0.382 e. The summed E-state index contributed by atoms with van der Waals surface area (Å²) in [7, 11) is 0. The van der Waals surface area contributed by atoms with Crippen LogP contribution in [0.3, 0.4) is 0 Å². The van der Waals surface area contributed by atoms with Crippen molar-refractivity contribution in [1.29, 1.82) is 0 Å². The average molecular weight is 356 g/mol. The van der Waals surface area contributed by atoms with E-state index in [1.54, 1.807) is 12.1 Å². The molecular weight excluding hydrogens is 338 g/mol. The molecule has 2 aromatic carbocycles. The molecule has 1 amide bonds. The summed E-state index contributed by atoms with van der Waals surface area (Å²) in [4.78, 5) is 12.4. The van der Waals surface area contributed by atoms with E-state index in [-0.39, 0.29) is 17.4 Å². The second-order valence-corrected chi connectivity index (χ2v) is 6.05. The number of nitrogens with zero attached hydrogens (tertiary/aromatic N) is 3. The molecule has 0 aliphatic heterocycles. The Hall–Kier alpha value is -2.86. The monoisotopic (exact) mass is 355 g/mol. The van der Waals surface area contributed by atoms with Gasteiger partial charge in [-0.1, -0.05) is 48.0 Å². The first-order chi connectivity index (χ1) is 12.1. The van der Waals surface area contributed by atoms with Gasteiger partial charge in [0.05, 0.1) is 6.54 Å². The number of carbonyl (C=O) groups is 1. The maximum atomic E-state index is 12.4. The number of amides is 1. The number of hydrogen-bond acceptors (Lipinski definition) is 4. The fourth-order valence-corrected chi connectivity index (χ4v) is 2.50. The zero-order chi connectivity index (χ0) is 17.8. The van der Waals surface area contributed by atoms with Crippen molar-refractivity contribution in [2.75, 3.05) is 11.1 Å². The van der Waals surface area contributed by atoms with Crippen LogP contribution in [0.15, 0.2) is 48.5 Å². The Morgan fingerprint density at radius 3 is 2.40 bits per heavy atom. The first-order valence-corrected chi connectivity index (χ1v) is 8.28. The first kappa shape index (κ1) is 17.0. The van der Waals surface area contributed by atoms with Gasteiger partial charge in [-0.25, -0.2) is 4.68 Å². The molecule has 0 aliphatic carbocycles. The molecular formula is C18H18ClN5O. The molecule has 0 spiro atoms. The predicted octanol–water partition coefficient (Wildman–Crippen LogP) is 3.38. The molecule has 25 heavy (non-hydrogen) atoms. The number of hydrogen-bond donors (Lipinski definition) is 2. The van der Waals surface area contributed by atoms with Gasteiger partial charge in [0.2, 0.25) is 0 Å². The van der Waals surface area contributed by atoms with Crippen LogP contribution in [0.5, 0.6) is 0 Å². The minimum Gasteiger partial charge on any atom is -0.382 e. The molecule has 0 atom stereocenters. The molecule has 0 aliphatic rings.